The van der Waals surface area contributed by atoms with Crippen LogP contribution in [0.25, 0.3) is 0 Å². The van der Waals surface area contributed by atoms with E-state index in [4.69, 9.17) is 22.6 Å². The lowest BCUT2D eigenvalue weighted by molar-refractivity contribution is 0.0785. The van der Waals surface area contributed by atoms with Gasteiger partial charge in [0.05, 0.1) is 29.1 Å². The lowest BCUT2D eigenvalue weighted by atomic mass is 10.1. The standard InChI is InChI=1S/C15H13ClN4O/c1-20(9-11-4-2-10(7-17)3-5-11)15(21)13-6-12(18)8-19-14(13)16/h2-6,8H,9,18H2,1H3. The van der Waals surface area contributed by atoms with Gasteiger partial charge in [-0.1, -0.05) is 23.7 Å². The Bertz CT molecular complexity index is 707. The number of halogens is 1. The summed E-state index contributed by atoms with van der Waals surface area (Å²) in [5.41, 5.74) is 7.78. The minimum absolute atomic E-state index is 0.126. The van der Waals surface area contributed by atoms with Gasteiger partial charge in [0.1, 0.15) is 5.15 Å². The highest BCUT2D eigenvalue weighted by Gasteiger charge is 2.16. The molecule has 0 bridgehead atoms. The smallest absolute Gasteiger partial charge is 0.257 e. The first-order valence-electron chi connectivity index (χ1n) is 6.17. The predicted octanol–water partition coefficient (Wildman–Crippen LogP) is 2.46. The highest BCUT2D eigenvalue weighted by Crippen LogP contribution is 2.18. The molecule has 0 saturated carbocycles. The van der Waals surface area contributed by atoms with Crippen molar-refractivity contribution in [1.29, 1.82) is 5.26 Å². The van der Waals surface area contributed by atoms with Gasteiger partial charge in [-0.05, 0) is 23.8 Å². The van der Waals surface area contributed by atoms with E-state index in [1.54, 1.807) is 19.2 Å². The monoisotopic (exact) mass is 300 g/mol. The second kappa shape index (κ2) is 6.25. The Balaban J connectivity index is 2.15. The molecule has 6 heteroatoms. The number of carbonyl (C=O) groups is 1. The molecule has 1 aromatic carbocycles. The fourth-order valence-electron chi connectivity index (χ4n) is 1.85. The Morgan fingerprint density at radius 2 is 2.10 bits per heavy atom. The topological polar surface area (TPSA) is 83.0 Å². The van der Waals surface area contributed by atoms with Gasteiger partial charge in [-0.15, -0.1) is 0 Å². The number of benzene rings is 1. The van der Waals surface area contributed by atoms with Crippen molar-refractivity contribution in [3.8, 4) is 6.07 Å². The zero-order chi connectivity index (χ0) is 15.4. The number of nitrogens with zero attached hydrogens (tertiary/aromatic N) is 3. The van der Waals surface area contributed by atoms with Gasteiger partial charge in [0.25, 0.3) is 5.91 Å². The minimum Gasteiger partial charge on any atom is -0.397 e. The number of pyridine rings is 1. The number of hydrogen-bond donors (Lipinski definition) is 1. The SMILES string of the molecule is CN(Cc1ccc(C#N)cc1)C(=O)c1cc(N)cnc1Cl. The van der Waals surface area contributed by atoms with Gasteiger partial charge in [-0.25, -0.2) is 4.98 Å². The number of nitrogen functional groups attached to an aromatic ring is 1. The Hall–Kier alpha value is -2.58. The number of nitriles is 1. The molecular formula is C15H13ClN4O. The molecule has 0 radical (unpaired) electrons. The van der Waals surface area contributed by atoms with E-state index in [-0.39, 0.29) is 16.6 Å². The summed E-state index contributed by atoms with van der Waals surface area (Å²) in [6.45, 7) is 0.398. The summed E-state index contributed by atoms with van der Waals surface area (Å²) >= 11 is 5.93. The average molecular weight is 301 g/mol. The van der Waals surface area contributed by atoms with Crippen molar-refractivity contribution >= 4 is 23.2 Å². The van der Waals surface area contributed by atoms with E-state index in [0.717, 1.165) is 5.56 Å². The van der Waals surface area contributed by atoms with Crippen LogP contribution in [0.1, 0.15) is 21.5 Å². The van der Waals surface area contributed by atoms with E-state index in [9.17, 15) is 4.79 Å². The second-order valence-electron chi connectivity index (χ2n) is 4.58. The van der Waals surface area contributed by atoms with Crippen LogP contribution in [0, 0.1) is 11.3 Å². The van der Waals surface area contributed by atoms with Gasteiger partial charge < -0.3 is 10.6 Å². The molecule has 0 unspecified atom stereocenters. The van der Waals surface area contributed by atoms with Crippen molar-refractivity contribution in [3.05, 3.63) is 58.4 Å². The summed E-state index contributed by atoms with van der Waals surface area (Å²) in [5.74, 6) is -0.260. The van der Waals surface area contributed by atoms with Crippen molar-refractivity contribution in [2.24, 2.45) is 0 Å². The Morgan fingerprint density at radius 3 is 2.71 bits per heavy atom. The summed E-state index contributed by atoms with van der Waals surface area (Å²) < 4.78 is 0. The molecule has 2 N–H and O–H groups in total. The highest BCUT2D eigenvalue weighted by atomic mass is 35.5. The molecule has 0 atom stereocenters. The molecule has 2 aromatic rings. The van der Waals surface area contributed by atoms with Crippen molar-refractivity contribution in [1.82, 2.24) is 9.88 Å². The molecule has 1 amide bonds. The van der Waals surface area contributed by atoms with Gasteiger partial charge in [-0.3, -0.25) is 4.79 Å². The van der Waals surface area contributed by atoms with Crippen LogP contribution >= 0.6 is 11.6 Å². The van der Waals surface area contributed by atoms with E-state index < -0.39 is 0 Å². The molecule has 0 fully saturated rings. The third-order valence-electron chi connectivity index (χ3n) is 2.94. The normalized spacial score (nSPS) is 9.95. The maximum absolute atomic E-state index is 12.3. The van der Waals surface area contributed by atoms with E-state index in [2.05, 4.69) is 4.98 Å². The zero-order valence-corrected chi connectivity index (χ0v) is 12.1. The maximum atomic E-state index is 12.3. The summed E-state index contributed by atoms with van der Waals surface area (Å²) in [4.78, 5) is 17.7. The maximum Gasteiger partial charge on any atom is 0.257 e. The Kier molecular flexibility index (Phi) is 4.41. The number of amides is 1. The average Bonchev–Trinajstić information content (AvgIpc) is 2.49. The van der Waals surface area contributed by atoms with Crippen molar-refractivity contribution in [3.63, 3.8) is 0 Å². The number of anilines is 1. The molecule has 106 valence electrons. The molecule has 21 heavy (non-hydrogen) atoms. The van der Waals surface area contributed by atoms with Crippen LogP contribution in [0.5, 0.6) is 0 Å². The largest absolute Gasteiger partial charge is 0.397 e. The molecular weight excluding hydrogens is 288 g/mol. The van der Waals surface area contributed by atoms with E-state index in [1.165, 1.54) is 17.2 Å². The van der Waals surface area contributed by atoms with Crippen LogP contribution in [0.4, 0.5) is 5.69 Å². The molecule has 0 spiro atoms. The first-order valence-corrected chi connectivity index (χ1v) is 6.54. The first-order chi connectivity index (χ1) is 10.0. The molecule has 0 aliphatic rings. The van der Waals surface area contributed by atoms with Gasteiger partial charge in [0.2, 0.25) is 0 Å². The summed E-state index contributed by atoms with van der Waals surface area (Å²) in [5, 5.41) is 8.88. The van der Waals surface area contributed by atoms with Crippen LogP contribution in [0.3, 0.4) is 0 Å². The van der Waals surface area contributed by atoms with Crippen LogP contribution < -0.4 is 5.73 Å². The van der Waals surface area contributed by atoms with E-state index in [1.807, 2.05) is 18.2 Å². The Morgan fingerprint density at radius 1 is 1.43 bits per heavy atom. The fraction of sp³-hybridized carbons (Fsp3) is 0.133. The first kappa shape index (κ1) is 14.8. The quantitative estimate of drug-likeness (QED) is 0.883. The van der Waals surface area contributed by atoms with E-state index in [0.29, 0.717) is 17.8 Å². The highest BCUT2D eigenvalue weighted by molar-refractivity contribution is 6.32. The van der Waals surface area contributed by atoms with Crippen LogP contribution in [-0.2, 0) is 6.54 Å². The third-order valence-corrected chi connectivity index (χ3v) is 3.24. The van der Waals surface area contributed by atoms with Crippen LogP contribution in [0.15, 0.2) is 36.5 Å². The minimum atomic E-state index is -0.260. The molecule has 2 rings (SSSR count). The van der Waals surface area contributed by atoms with Crippen molar-refractivity contribution in [2.75, 3.05) is 12.8 Å². The predicted molar refractivity (Wildman–Crippen MR) is 80.6 cm³/mol. The molecule has 0 saturated heterocycles. The molecule has 1 heterocycles. The molecule has 1 aromatic heterocycles. The van der Waals surface area contributed by atoms with Gasteiger partial charge in [0.15, 0.2) is 0 Å². The number of rotatable bonds is 3. The second-order valence-corrected chi connectivity index (χ2v) is 4.93. The van der Waals surface area contributed by atoms with Crippen LogP contribution in [-0.4, -0.2) is 22.8 Å². The number of hydrogen-bond acceptors (Lipinski definition) is 4. The summed E-state index contributed by atoms with van der Waals surface area (Å²) in [7, 11) is 1.67. The van der Waals surface area contributed by atoms with Crippen molar-refractivity contribution in [2.45, 2.75) is 6.54 Å². The Labute approximate surface area is 127 Å². The van der Waals surface area contributed by atoms with Crippen LogP contribution in [0.2, 0.25) is 5.15 Å². The van der Waals surface area contributed by atoms with Crippen molar-refractivity contribution < 1.29 is 4.79 Å². The fourth-order valence-corrected chi connectivity index (χ4v) is 2.03. The molecule has 0 aliphatic carbocycles. The summed E-state index contributed by atoms with van der Waals surface area (Å²) in [6.07, 6.45) is 1.40. The van der Waals surface area contributed by atoms with Gasteiger partial charge in [0, 0.05) is 13.6 Å². The number of aromatic nitrogens is 1. The lowest BCUT2D eigenvalue weighted by Gasteiger charge is -2.18. The van der Waals surface area contributed by atoms with E-state index >= 15 is 0 Å². The third kappa shape index (κ3) is 3.50. The zero-order valence-electron chi connectivity index (χ0n) is 11.4. The van der Waals surface area contributed by atoms with Gasteiger partial charge in [-0.2, -0.15) is 5.26 Å². The number of carbonyl (C=O) groups excluding carboxylic acids is 1. The molecule has 0 aliphatic heterocycles. The number of nitrogens with two attached hydrogens (primary N) is 1. The lowest BCUT2D eigenvalue weighted by Crippen LogP contribution is -2.26. The van der Waals surface area contributed by atoms with Gasteiger partial charge >= 0.3 is 0 Å². The summed E-state index contributed by atoms with van der Waals surface area (Å²) in [6, 6.07) is 10.6. The molecule has 5 nitrogen and oxygen atoms in total.